The van der Waals surface area contributed by atoms with E-state index in [-0.39, 0.29) is 29.5 Å². The molecule has 1 aliphatic rings. The highest BCUT2D eigenvalue weighted by Crippen LogP contribution is 2.31. The SMILES string of the molecule is O=C(OCc1cc(=O)n2ccccc2n1)c1ccc(NC2CC2)c([N+](=O)[O-])c1. The average molecular weight is 380 g/mol. The number of fused-ring (bicyclic) bond motifs is 1. The Kier molecular flexibility index (Phi) is 4.48. The number of carbonyl (C=O) groups is 1. The van der Waals surface area contributed by atoms with E-state index in [1.807, 2.05) is 0 Å². The number of nitrogens with zero attached hydrogens (tertiary/aromatic N) is 3. The van der Waals surface area contributed by atoms with Crippen molar-refractivity contribution in [2.75, 3.05) is 5.32 Å². The molecule has 0 bridgehead atoms. The quantitative estimate of drug-likeness (QED) is 0.397. The highest BCUT2D eigenvalue weighted by atomic mass is 16.6. The van der Waals surface area contributed by atoms with E-state index in [0.717, 1.165) is 12.8 Å². The Labute approximate surface area is 158 Å². The minimum Gasteiger partial charge on any atom is -0.456 e. The summed E-state index contributed by atoms with van der Waals surface area (Å²) < 4.78 is 6.57. The second-order valence-electron chi connectivity index (χ2n) is 6.50. The van der Waals surface area contributed by atoms with E-state index in [1.54, 1.807) is 24.4 Å². The van der Waals surface area contributed by atoms with Gasteiger partial charge in [0.05, 0.1) is 16.2 Å². The molecule has 1 fully saturated rings. The number of aromatic nitrogens is 2. The smallest absolute Gasteiger partial charge is 0.338 e. The van der Waals surface area contributed by atoms with Gasteiger partial charge in [0.1, 0.15) is 17.9 Å². The predicted molar refractivity (Wildman–Crippen MR) is 100 cm³/mol. The Bertz CT molecular complexity index is 1140. The number of benzene rings is 1. The lowest BCUT2D eigenvalue weighted by atomic mass is 10.1. The molecule has 0 atom stereocenters. The Balaban J connectivity index is 1.51. The number of rotatable bonds is 6. The summed E-state index contributed by atoms with van der Waals surface area (Å²) in [6, 6.07) is 10.8. The minimum atomic E-state index is -0.726. The number of anilines is 1. The van der Waals surface area contributed by atoms with Gasteiger partial charge in [-0.15, -0.1) is 0 Å². The molecule has 0 amide bonds. The van der Waals surface area contributed by atoms with Crippen molar-refractivity contribution in [3.63, 3.8) is 0 Å². The van der Waals surface area contributed by atoms with Crippen molar-refractivity contribution < 1.29 is 14.5 Å². The van der Waals surface area contributed by atoms with E-state index in [4.69, 9.17) is 4.74 Å². The normalized spacial score (nSPS) is 13.3. The highest BCUT2D eigenvalue weighted by Gasteiger charge is 2.25. The first-order chi connectivity index (χ1) is 13.5. The number of nitro benzene ring substituents is 1. The average Bonchev–Trinajstić information content (AvgIpc) is 3.50. The van der Waals surface area contributed by atoms with Crippen LogP contribution in [0.5, 0.6) is 0 Å². The van der Waals surface area contributed by atoms with Gasteiger partial charge in [-0.25, -0.2) is 9.78 Å². The van der Waals surface area contributed by atoms with Gasteiger partial charge >= 0.3 is 5.97 Å². The van der Waals surface area contributed by atoms with Crippen LogP contribution in [0, 0.1) is 10.1 Å². The summed E-state index contributed by atoms with van der Waals surface area (Å²) in [7, 11) is 0. The van der Waals surface area contributed by atoms with Crippen molar-refractivity contribution in [1.29, 1.82) is 0 Å². The Morgan fingerprint density at radius 2 is 2.11 bits per heavy atom. The lowest BCUT2D eigenvalue weighted by molar-refractivity contribution is -0.384. The third-order valence-electron chi connectivity index (χ3n) is 4.34. The molecule has 1 aromatic carbocycles. The molecule has 2 aromatic heterocycles. The first kappa shape index (κ1) is 17.7. The molecule has 4 rings (SSSR count). The van der Waals surface area contributed by atoms with Crippen LogP contribution in [-0.4, -0.2) is 26.3 Å². The van der Waals surface area contributed by atoms with Crippen LogP contribution < -0.4 is 10.9 Å². The van der Waals surface area contributed by atoms with E-state index in [0.29, 0.717) is 17.0 Å². The summed E-state index contributed by atoms with van der Waals surface area (Å²) in [6.07, 6.45) is 3.54. The maximum atomic E-state index is 12.3. The number of pyridine rings is 1. The summed E-state index contributed by atoms with van der Waals surface area (Å²) >= 11 is 0. The number of hydrogen-bond acceptors (Lipinski definition) is 7. The van der Waals surface area contributed by atoms with E-state index in [1.165, 1.54) is 28.7 Å². The molecule has 0 radical (unpaired) electrons. The molecule has 2 heterocycles. The number of hydrogen-bond donors (Lipinski definition) is 1. The third-order valence-corrected chi connectivity index (χ3v) is 4.34. The van der Waals surface area contributed by atoms with E-state index in [9.17, 15) is 19.7 Å². The fraction of sp³-hybridized carbons (Fsp3) is 0.211. The minimum absolute atomic E-state index is 0.0607. The maximum absolute atomic E-state index is 12.3. The molecule has 9 heteroatoms. The van der Waals surface area contributed by atoms with Crippen LogP contribution in [0.4, 0.5) is 11.4 Å². The third kappa shape index (κ3) is 3.68. The molecule has 28 heavy (non-hydrogen) atoms. The molecular formula is C19H16N4O5. The van der Waals surface area contributed by atoms with Gasteiger partial charge in [-0.05, 0) is 37.1 Å². The Morgan fingerprint density at radius 3 is 2.86 bits per heavy atom. The summed E-state index contributed by atoms with van der Waals surface area (Å²) in [4.78, 5) is 39.4. The zero-order valence-electron chi connectivity index (χ0n) is 14.7. The zero-order valence-corrected chi connectivity index (χ0v) is 14.7. The van der Waals surface area contributed by atoms with Gasteiger partial charge < -0.3 is 10.1 Å². The lowest BCUT2D eigenvalue weighted by Crippen LogP contribution is -2.16. The standard InChI is InChI=1S/C19H16N4O5/c24-18-10-14(21-17-3-1-2-8-22(17)18)11-28-19(25)12-4-7-15(20-13-5-6-13)16(9-12)23(26)27/h1-4,7-10,13,20H,5-6,11H2. The van der Waals surface area contributed by atoms with Crippen molar-refractivity contribution in [1.82, 2.24) is 9.38 Å². The maximum Gasteiger partial charge on any atom is 0.338 e. The van der Waals surface area contributed by atoms with Gasteiger partial charge in [0.15, 0.2) is 0 Å². The van der Waals surface area contributed by atoms with Gasteiger partial charge in [-0.2, -0.15) is 0 Å². The van der Waals surface area contributed by atoms with Crippen LogP contribution in [0.25, 0.3) is 5.65 Å². The van der Waals surface area contributed by atoms with Crippen LogP contribution in [0.3, 0.4) is 0 Å². The van der Waals surface area contributed by atoms with Crippen molar-refractivity contribution in [2.24, 2.45) is 0 Å². The molecule has 0 saturated heterocycles. The largest absolute Gasteiger partial charge is 0.456 e. The van der Waals surface area contributed by atoms with Gasteiger partial charge in [0, 0.05) is 24.4 Å². The number of nitro groups is 1. The molecule has 3 aromatic rings. The van der Waals surface area contributed by atoms with Crippen LogP contribution in [0.15, 0.2) is 53.5 Å². The molecule has 1 N–H and O–H groups in total. The number of ether oxygens (including phenoxy) is 1. The summed E-state index contributed by atoms with van der Waals surface area (Å²) in [5, 5.41) is 14.4. The summed E-state index contributed by atoms with van der Waals surface area (Å²) in [6.45, 7) is -0.213. The molecule has 142 valence electrons. The first-order valence-corrected chi connectivity index (χ1v) is 8.71. The molecule has 0 aliphatic heterocycles. The lowest BCUT2D eigenvalue weighted by Gasteiger charge is -2.08. The van der Waals surface area contributed by atoms with E-state index < -0.39 is 10.9 Å². The van der Waals surface area contributed by atoms with Crippen LogP contribution in [0.1, 0.15) is 28.9 Å². The summed E-state index contributed by atoms with van der Waals surface area (Å²) in [5.41, 5.74) is 0.711. The molecule has 9 nitrogen and oxygen atoms in total. The van der Waals surface area contributed by atoms with Crippen LogP contribution >= 0.6 is 0 Å². The Morgan fingerprint density at radius 1 is 1.29 bits per heavy atom. The molecule has 0 unspecified atom stereocenters. The monoisotopic (exact) mass is 380 g/mol. The number of nitrogens with one attached hydrogen (secondary N) is 1. The second-order valence-corrected chi connectivity index (χ2v) is 6.50. The van der Waals surface area contributed by atoms with Gasteiger partial charge in [-0.3, -0.25) is 19.3 Å². The van der Waals surface area contributed by atoms with Crippen molar-refractivity contribution >= 4 is 23.0 Å². The molecule has 1 aliphatic carbocycles. The number of esters is 1. The van der Waals surface area contributed by atoms with Crippen molar-refractivity contribution in [3.8, 4) is 0 Å². The fourth-order valence-electron chi connectivity index (χ4n) is 2.78. The van der Waals surface area contributed by atoms with E-state index >= 15 is 0 Å². The van der Waals surface area contributed by atoms with E-state index in [2.05, 4.69) is 10.3 Å². The molecule has 1 saturated carbocycles. The van der Waals surface area contributed by atoms with Crippen molar-refractivity contribution in [3.05, 3.63) is 80.4 Å². The van der Waals surface area contributed by atoms with Gasteiger partial charge in [0.25, 0.3) is 11.2 Å². The van der Waals surface area contributed by atoms with Crippen LogP contribution in [-0.2, 0) is 11.3 Å². The predicted octanol–water partition coefficient (Wildman–Crippen LogP) is 2.53. The summed E-state index contributed by atoms with van der Waals surface area (Å²) in [5.74, 6) is -0.726. The van der Waals surface area contributed by atoms with Gasteiger partial charge in [-0.1, -0.05) is 6.07 Å². The second kappa shape index (κ2) is 7.10. The zero-order chi connectivity index (χ0) is 19.7. The van der Waals surface area contributed by atoms with Gasteiger partial charge in [0.2, 0.25) is 0 Å². The molecule has 0 spiro atoms. The van der Waals surface area contributed by atoms with Crippen LogP contribution in [0.2, 0.25) is 0 Å². The fourth-order valence-corrected chi connectivity index (χ4v) is 2.78. The topological polar surface area (TPSA) is 116 Å². The Hall–Kier alpha value is -3.75. The van der Waals surface area contributed by atoms with Crippen molar-refractivity contribution in [2.45, 2.75) is 25.5 Å². The highest BCUT2D eigenvalue weighted by molar-refractivity contribution is 5.91. The molecular weight excluding hydrogens is 364 g/mol. The first-order valence-electron chi connectivity index (χ1n) is 8.71. The number of carbonyl (C=O) groups excluding carboxylic acids is 1.